The number of ketones is 1. The molecule has 0 amide bonds. The van der Waals surface area contributed by atoms with E-state index >= 15 is 0 Å². The monoisotopic (exact) mass is 246 g/mol. The number of hydrogen-bond acceptors (Lipinski definition) is 2. The third-order valence-electron chi connectivity index (χ3n) is 3.06. The molecule has 0 unspecified atom stereocenters. The van der Waals surface area contributed by atoms with E-state index in [0.29, 0.717) is 22.3 Å². The van der Waals surface area contributed by atoms with Crippen LogP contribution in [0.25, 0.3) is 11.0 Å². The summed E-state index contributed by atoms with van der Waals surface area (Å²) in [5.41, 5.74) is 2.10. The van der Waals surface area contributed by atoms with Gasteiger partial charge in [0.05, 0.1) is 0 Å². The Bertz CT molecular complexity index is 623. The summed E-state index contributed by atoms with van der Waals surface area (Å²) in [5, 5.41) is 0.653. The van der Waals surface area contributed by atoms with Crippen molar-refractivity contribution in [2.45, 2.75) is 26.7 Å². The van der Waals surface area contributed by atoms with Gasteiger partial charge in [0.25, 0.3) is 0 Å². The normalized spacial score (nSPS) is 10.8. The number of carbonyl (C=O) groups excluding carboxylic acids is 1. The fourth-order valence-electron chi connectivity index (χ4n) is 1.89. The van der Waals surface area contributed by atoms with Gasteiger partial charge >= 0.3 is 0 Å². The van der Waals surface area contributed by atoms with Crippen molar-refractivity contribution in [1.29, 1.82) is 0 Å². The fraction of sp³-hybridized carbons (Fsp3) is 0.267. The second-order valence-electron chi connectivity index (χ2n) is 4.40. The average molecular weight is 246 g/mol. The molecule has 1 aromatic carbocycles. The van der Waals surface area contributed by atoms with Crippen molar-refractivity contribution in [2.75, 3.05) is 0 Å². The number of furan rings is 1. The minimum atomic E-state index is -0.330. The minimum absolute atomic E-state index is 0.101. The lowest BCUT2D eigenvalue weighted by molar-refractivity contribution is 0.0967. The smallest absolute Gasteiger partial charge is 0.202 e. The Labute approximate surface area is 105 Å². The fourth-order valence-corrected chi connectivity index (χ4v) is 1.89. The van der Waals surface area contributed by atoms with Crippen LogP contribution in [-0.2, 0) is 0 Å². The van der Waals surface area contributed by atoms with Crippen LogP contribution in [0.5, 0.6) is 0 Å². The number of allylic oxidation sites excluding steroid dienone is 1. The predicted octanol–water partition coefficient (Wildman–Crippen LogP) is 4.42. The number of benzene rings is 1. The Hall–Kier alpha value is -1.90. The molecule has 0 saturated carbocycles. The second-order valence-corrected chi connectivity index (χ2v) is 4.40. The Morgan fingerprint density at radius 2 is 2.17 bits per heavy atom. The molecule has 2 nitrogen and oxygen atoms in total. The van der Waals surface area contributed by atoms with Crippen LogP contribution < -0.4 is 0 Å². The summed E-state index contributed by atoms with van der Waals surface area (Å²) in [5.74, 6) is -0.121. The maximum atomic E-state index is 13.2. The van der Waals surface area contributed by atoms with Crippen molar-refractivity contribution in [1.82, 2.24) is 0 Å². The van der Waals surface area contributed by atoms with Crippen molar-refractivity contribution in [3.05, 3.63) is 47.5 Å². The minimum Gasteiger partial charge on any atom is -0.453 e. The van der Waals surface area contributed by atoms with E-state index in [1.54, 1.807) is 13.0 Å². The number of Topliss-reactive ketones (excluding diaryl/α,β-unsaturated/α-hetero) is 1. The van der Waals surface area contributed by atoms with Gasteiger partial charge in [0.2, 0.25) is 5.78 Å². The van der Waals surface area contributed by atoms with Crippen LogP contribution in [0.1, 0.15) is 35.9 Å². The molecule has 3 heteroatoms. The lowest BCUT2D eigenvalue weighted by atomic mass is 10.0. The molecule has 0 N–H and O–H groups in total. The van der Waals surface area contributed by atoms with Crippen molar-refractivity contribution in [2.24, 2.45) is 0 Å². The van der Waals surface area contributed by atoms with Crippen molar-refractivity contribution in [3.63, 3.8) is 0 Å². The summed E-state index contributed by atoms with van der Waals surface area (Å²) in [6, 6.07) is 4.26. The highest BCUT2D eigenvalue weighted by Gasteiger charge is 2.18. The van der Waals surface area contributed by atoms with Crippen LogP contribution in [0.4, 0.5) is 4.39 Å². The third kappa shape index (κ3) is 2.21. The van der Waals surface area contributed by atoms with E-state index in [0.717, 1.165) is 12.0 Å². The topological polar surface area (TPSA) is 30.2 Å². The molecule has 1 heterocycles. The van der Waals surface area contributed by atoms with E-state index in [1.807, 2.05) is 6.92 Å². The zero-order valence-electron chi connectivity index (χ0n) is 10.5. The number of rotatable bonds is 4. The number of carbonyl (C=O) groups is 1. The summed E-state index contributed by atoms with van der Waals surface area (Å²) in [6.07, 6.45) is 1.04. The van der Waals surface area contributed by atoms with Gasteiger partial charge in [0, 0.05) is 17.4 Å². The highest BCUT2D eigenvalue weighted by molar-refractivity contribution is 6.01. The van der Waals surface area contributed by atoms with Crippen molar-refractivity contribution < 1.29 is 13.6 Å². The molecule has 0 atom stereocenters. The molecular formula is C15H15FO2. The van der Waals surface area contributed by atoms with E-state index in [1.165, 1.54) is 12.1 Å². The van der Waals surface area contributed by atoms with Crippen LogP contribution in [0, 0.1) is 12.7 Å². The Balaban J connectivity index is 2.43. The van der Waals surface area contributed by atoms with Gasteiger partial charge in [-0.2, -0.15) is 0 Å². The summed E-state index contributed by atoms with van der Waals surface area (Å²) in [6.45, 7) is 7.54. The van der Waals surface area contributed by atoms with Gasteiger partial charge in [0.1, 0.15) is 11.4 Å². The molecule has 0 radical (unpaired) electrons. The second kappa shape index (κ2) is 4.77. The molecule has 2 aromatic rings. The molecule has 2 rings (SSSR count). The van der Waals surface area contributed by atoms with Gasteiger partial charge in [-0.15, -0.1) is 0 Å². The average Bonchev–Trinajstić information content (AvgIpc) is 2.66. The largest absolute Gasteiger partial charge is 0.453 e. The molecule has 0 bridgehead atoms. The van der Waals surface area contributed by atoms with E-state index in [4.69, 9.17) is 4.42 Å². The van der Waals surface area contributed by atoms with E-state index in [-0.39, 0.29) is 18.0 Å². The SMILES string of the molecule is C=C(CC)CC(=O)c1oc2ccc(F)cc2c1C. The summed E-state index contributed by atoms with van der Waals surface area (Å²) < 4.78 is 18.7. The van der Waals surface area contributed by atoms with Gasteiger partial charge in [0.15, 0.2) is 5.76 Å². The number of hydrogen-bond donors (Lipinski definition) is 0. The summed E-state index contributed by atoms with van der Waals surface area (Å²) in [4.78, 5) is 12.0. The zero-order chi connectivity index (χ0) is 13.3. The first-order chi connectivity index (χ1) is 8.52. The highest BCUT2D eigenvalue weighted by Crippen LogP contribution is 2.27. The number of aryl methyl sites for hydroxylation is 1. The Morgan fingerprint density at radius 3 is 2.83 bits per heavy atom. The van der Waals surface area contributed by atoms with E-state index in [9.17, 15) is 9.18 Å². The first-order valence-electron chi connectivity index (χ1n) is 5.91. The molecule has 0 fully saturated rings. The Morgan fingerprint density at radius 1 is 1.44 bits per heavy atom. The van der Waals surface area contributed by atoms with Crippen LogP contribution in [-0.4, -0.2) is 5.78 Å². The number of halogens is 1. The van der Waals surface area contributed by atoms with Crippen LogP contribution >= 0.6 is 0 Å². The van der Waals surface area contributed by atoms with Crippen LogP contribution in [0.3, 0.4) is 0 Å². The van der Waals surface area contributed by atoms with Crippen molar-refractivity contribution >= 4 is 16.8 Å². The first kappa shape index (κ1) is 12.6. The highest BCUT2D eigenvalue weighted by atomic mass is 19.1. The van der Waals surface area contributed by atoms with E-state index in [2.05, 4.69) is 6.58 Å². The molecule has 18 heavy (non-hydrogen) atoms. The predicted molar refractivity (Wildman–Crippen MR) is 69.3 cm³/mol. The summed E-state index contributed by atoms with van der Waals surface area (Å²) >= 11 is 0. The van der Waals surface area contributed by atoms with Crippen LogP contribution in [0.2, 0.25) is 0 Å². The van der Waals surface area contributed by atoms with Gasteiger partial charge in [-0.3, -0.25) is 4.79 Å². The molecule has 0 aliphatic carbocycles. The standard InChI is InChI=1S/C15H15FO2/c1-4-9(2)7-13(17)15-10(3)12-8-11(16)5-6-14(12)18-15/h5-6,8H,2,4,7H2,1,3H3. The molecule has 0 aliphatic heterocycles. The molecule has 94 valence electrons. The third-order valence-corrected chi connectivity index (χ3v) is 3.06. The summed E-state index contributed by atoms with van der Waals surface area (Å²) in [7, 11) is 0. The van der Waals surface area contributed by atoms with Gasteiger partial charge in [-0.05, 0) is 31.5 Å². The Kier molecular flexibility index (Phi) is 3.32. The maximum absolute atomic E-state index is 13.2. The van der Waals surface area contributed by atoms with E-state index < -0.39 is 0 Å². The van der Waals surface area contributed by atoms with Crippen molar-refractivity contribution in [3.8, 4) is 0 Å². The number of fused-ring (bicyclic) bond motifs is 1. The zero-order valence-corrected chi connectivity index (χ0v) is 10.5. The van der Waals surface area contributed by atoms with Gasteiger partial charge < -0.3 is 4.42 Å². The molecule has 0 aliphatic rings. The van der Waals surface area contributed by atoms with Gasteiger partial charge in [-0.1, -0.05) is 19.1 Å². The molecule has 0 spiro atoms. The lowest BCUT2D eigenvalue weighted by Gasteiger charge is -2.00. The quantitative estimate of drug-likeness (QED) is 0.590. The van der Waals surface area contributed by atoms with Crippen LogP contribution in [0.15, 0.2) is 34.8 Å². The molecule has 1 aromatic heterocycles. The molecular weight excluding hydrogens is 231 g/mol. The molecule has 0 saturated heterocycles. The first-order valence-corrected chi connectivity index (χ1v) is 5.91. The van der Waals surface area contributed by atoms with Gasteiger partial charge in [-0.25, -0.2) is 4.39 Å². The maximum Gasteiger partial charge on any atom is 0.202 e. The lowest BCUT2D eigenvalue weighted by Crippen LogP contribution is -2.00.